The van der Waals surface area contributed by atoms with Crippen LogP contribution in [0.25, 0.3) is 0 Å². The van der Waals surface area contributed by atoms with E-state index in [1.165, 1.54) is 0 Å². The summed E-state index contributed by atoms with van der Waals surface area (Å²) in [7, 11) is 1.65. The number of hydrogen-bond donors (Lipinski definition) is 0. The topological polar surface area (TPSA) is 38.8 Å². The molecule has 2 aromatic rings. The van der Waals surface area contributed by atoms with Crippen LogP contribution in [0, 0.1) is 0 Å². The molecule has 1 fully saturated rings. The van der Waals surface area contributed by atoms with Crippen molar-refractivity contribution in [3.8, 4) is 5.75 Å². The molecule has 1 aliphatic heterocycles. The Balaban J connectivity index is 1.69. The molecule has 4 heteroatoms. The van der Waals surface area contributed by atoms with Gasteiger partial charge in [-0.1, -0.05) is 30.3 Å². The van der Waals surface area contributed by atoms with E-state index in [1.807, 2.05) is 59.5 Å². The van der Waals surface area contributed by atoms with Gasteiger partial charge in [0.15, 0.2) is 0 Å². The van der Waals surface area contributed by atoms with Gasteiger partial charge in [-0.3, -0.25) is 4.79 Å². The number of nitrogens with zero attached hydrogens (tertiary/aromatic N) is 1. The van der Waals surface area contributed by atoms with Gasteiger partial charge in [-0.05, 0) is 42.7 Å². The maximum atomic E-state index is 12.9. The van der Waals surface area contributed by atoms with E-state index in [2.05, 4.69) is 0 Å². The predicted octanol–water partition coefficient (Wildman–Crippen LogP) is 3.45. The zero-order chi connectivity index (χ0) is 16.8. The zero-order valence-electron chi connectivity index (χ0n) is 14.0. The number of carbonyl (C=O) groups excluding carboxylic acids is 1. The molecule has 0 saturated carbocycles. The first-order chi connectivity index (χ1) is 11.8. The molecule has 126 valence electrons. The highest BCUT2D eigenvalue weighted by molar-refractivity contribution is 5.94. The molecular weight excluding hydrogens is 302 g/mol. The number of benzene rings is 2. The Bertz CT molecular complexity index is 648. The Morgan fingerprint density at radius 3 is 2.54 bits per heavy atom. The summed E-state index contributed by atoms with van der Waals surface area (Å²) in [6.07, 6.45) is 2.10. The quantitative estimate of drug-likeness (QED) is 0.816. The van der Waals surface area contributed by atoms with Crippen LogP contribution in [0.3, 0.4) is 0 Å². The van der Waals surface area contributed by atoms with E-state index in [4.69, 9.17) is 9.47 Å². The summed E-state index contributed by atoms with van der Waals surface area (Å²) in [5.41, 5.74) is 2.09. The molecule has 1 aliphatic rings. The number of rotatable bonds is 6. The average Bonchev–Trinajstić information content (AvgIpc) is 3.15. The van der Waals surface area contributed by atoms with E-state index in [1.54, 1.807) is 7.11 Å². The maximum absolute atomic E-state index is 12.9. The summed E-state index contributed by atoms with van der Waals surface area (Å²) in [5, 5.41) is 0. The highest BCUT2D eigenvalue weighted by Crippen LogP contribution is 2.23. The predicted molar refractivity (Wildman–Crippen MR) is 94.5 cm³/mol. The van der Waals surface area contributed by atoms with E-state index in [0.717, 1.165) is 36.4 Å². The average molecular weight is 325 g/mol. The first-order valence-electron chi connectivity index (χ1n) is 8.35. The molecule has 0 bridgehead atoms. The van der Waals surface area contributed by atoms with E-state index in [9.17, 15) is 4.79 Å². The van der Waals surface area contributed by atoms with Gasteiger partial charge in [0.1, 0.15) is 5.75 Å². The van der Waals surface area contributed by atoms with Crippen molar-refractivity contribution in [3.05, 3.63) is 60.2 Å². The molecule has 0 aromatic heterocycles. The largest absolute Gasteiger partial charge is 0.497 e. The monoisotopic (exact) mass is 325 g/mol. The van der Waals surface area contributed by atoms with Crippen molar-refractivity contribution in [1.29, 1.82) is 0 Å². The molecule has 1 heterocycles. The molecule has 2 aromatic carbocycles. The summed E-state index contributed by atoms with van der Waals surface area (Å²) >= 11 is 0. The van der Waals surface area contributed by atoms with Crippen LogP contribution in [0.4, 0.5) is 5.69 Å². The number of anilines is 1. The molecule has 0 N–H and O–H groups in total. The lowest BCUT2D eigenvalue weighted by atomic mass is 10.1. The Morgan fingerprint density at radius 2 is 1.92 bits per heavy atom. The lowest BCUT2D eigenvalue weighted by Crippen LogP contribution is -2.41. The van der Waals surface area contributed by atoms with Crippen molar-refractivity contribution in [3.63, 3.8) is 0 Å². The van der Waals surface area contributed by atoms with Gasteiger partial charge >= 0.3 is 0 Å². The zero-order valence-corrected chi connectivity index (χ0v) is 14.0. The molecule has 3 rings (SSSR count). The standard InChI is InChI=1S/C20H23NO3/c1-23-19-10-7-16(8-11-19)9-12-20(22)21(18-13-14-24-15-18)17-5-3-2-4-6-17/h2-8,10-11,18H,9,12-15H2,1H3. The number of carbonyl (C=O) groups is 1. The fraction of sp³-hybridized carbons (Fsp3) is 0.350. The van der Waals surface area contributed by atoms with Crippen LogP contribution in [0.5, 0.6) is 5.75 Å². The highest BCUT2D eigenvalue weighted by Gasteiger charge is 2.28. The minimum absolute atomic E-state index is 0.135. The number of amides is 1. The second-order valence-corrected chi connectivity index (χ2v) is 5.96. The van der Waals surface area contributed by atoms with Crippen molar-refractivity contribution < 1.29 is 14.3 Å². The van der Waals surface area contributed by atoms with Gasteiger partial charge in [-0.2, -0.15) is 0 Å². The molecule has 1 saturated heterocycles. The van der Waals surface area contributed by atoms with Crippen molar-refractivity contribution in [1.82, 2.24) is 0 Å². The van der Waals surface area contributed by atoms with Crippen LogP contribution in [0.1, 0.15) is 18.4 Å². The first-order valence-corrected chi connectivity index (χ1v) is 8.35. The van der Waals surface area contributed by atoms with Gasteiger partial charge in [0.2, 0.25) is 5.91 Å². The van der Waals surface area contributed by atoms with Crippen molar-refractivity contribution >= 4 is 11.6 Å². The molecule has 24 heavy (non-hydrogen) atoms. The van der Waals surface area contributed by atoms with Crippen molar-refractivity contribution in [2.45, 2.75) is 25.3 Å². The Morgan fingerprint density at radius 1 is 1.17 bits per heavy atom. The van der Waals surface area contributed by atoms with Crippen LogP contribution >= 0.6 is 0 Å². The van der Waals surface area contributed by atoms with Gasteiger partial charge < -0.3 is 14.4 Å². The third-order valence-corrected chi connectivity index (χ3v) is 4.36. The second-order valence-electron chi connectivity index (χ2n) is 5.96. The fourth-order valence-electron chi connectivity index (χ4n) is 3.04. The van der Waals surface area contributed by atoms with Crippen molar-refractivity contribution in [2.75, 3.05) is 25.2 Å². The smallest absolute Gasteiger partial charge is 0.227 e. The molecule has 4 nitrogen and oxygen atoms in total. The molecular formula is C20H23NO3. The number of para-hydroxylation sites is 1. The maximum Gasteiger partial charge on any atom is 0.227 e. The van der Waals surface area contributed by atoms with Crippen LogP contribution < -0.4 is 9.64 Å². The van der Waals surface area contributed by atoms with Crippen LogP contribution in [0.15, 0.2) is 54.6 Å². The Kier molecular flexibility index (Phi) is 5.49. The number of hydrogen-bond acceptors (Lipinski definition) is 3. The molecule has 0 radical (unpaired) electrons. The Hall–Kier alpha value is -2.33. The summed E-state index contributed by atoms with van der Waals surface area (Å²) in [6.45, 7) is 1.34. The van der Waals surface area contributed by atoms with E-state index >= 15 is 0 Å². The summed E-state index contributed by atoms with van der Waals surface area (Å²) < 4.78 is 10.7. The van der Waals surface area contributed by atoms with Gasteiger partial charge in [-0.15, -0.1) is 0 Å². The molecule has 1 atom stereocenters. The van der Waals surface area contributed by atoms with Crippen LogP contribution in [-0.2, 0) is 16.0 Å². The Labute approximate surface area is 143 Å². The summed E-state index contributed by atoms with van der Waals surface area (Å²) in [5.74, 6) is 0.978. The van der Waals surface area contributed by atoms with Crippen LogP contribution in [-0.4, -0.2) is 32.3 Å². The number of methoxy groups -OCH3 is 1. The minimum atomic E-state index is 0.135. The van der Waals surface area contributed by atoms with Gasteiger partial charge in [0.05, 0.1) is 19.8 Å². The molecule has 0 aliphatic carbocycles. The normalized spacial score (nSPS) is 16.8. The van der Waals surface area contributed by atoms with Gasteiger partial charge in [0.25, 0.3) is 0 Å². The third-order valence-electron chi connectivity index (χ3n) is 4.36. The lowest BCUT2D eigenvalue weighted by molar-refractivity contribution is -0.119. The fourth-order valence-corrected chi connectivity index (χ4v) is 3.04. The van der Waals surface area contributed by atoms with Crippen LogP contribution in [0.2, 0.25) is 0 Å². The summed E-state index contributed by atoms with van der Waals surface area (Å²) in [4.78, 5) is 14.8. The summed E-state index contributed by atoms with van der Waals surface area (Å²) in [6, 6.07) is 17.9. The van der Waals surface area contributed by atoms with E-state index in [0.29, 0.717) is 13.0 Å². The van der Waals surface area contributed by atoms with Gasteiger partial charge in [0, 0.05) is 18.7 Å². The first kappa shape index (κ1) is 16.5. The SMILES string of the molecule is COc1ccc(CCC(=O)N(c2ccccc2)C2CCOC2)cc1. The second kappa shape index (κ2) is 7.97. The highest BCUT2D eigenvalue weighted by atomic mass is 16.5. The number of ether oxygens (including phenoxy) is 2. The third kappa shape index (κ3) is 3.95. The molecule has 1 amide bonds. The van der Waals surface area contributed by atoms with E-state index < -0.39 is 0 Å². The molecule has 0 spiro atoms. The van der Waals surface area contributed by atoms with Gasteiger partial charge in [-0.25, -0.2) is 0 Å². The molecule has 1 unspecified atom stereocenters. The number of aryl methyl sites for hydroxylation is 1. The minimum Gasteiger partial charge on any atom is -0.497 e. The van der Waals surface area contributed by atoms with E-state index in [-0.39, 0.29) is 11.9 Å². The lowest BCUT2D eigenvalue weighted by Gasteiger charge is -2.28. The van der Waals surface area contributed by atoms with Crippen molar-refractivity contribution in [2.24, 2.45) is 0 Å².